The molecule has 2 amide bonds. The Kier molecular flexibility index (Phi) is 6.60. The lowest BCUT2D eigenvalue weighted by atomic mass is 9.96. The fraction of sp³-hybridized carbons (Fsp3) is 0.636. The third-order valence-corrected chi connectivity index (χ3v) is 6.28. The van der Waals surface area contributed by atoms with Gasteiger partial charge < -0.3 is 10.4 Å². The SMILES string of the molecule is CC(C)C[C@@H](C(=O)NC1CCC2CN(Cc3ccccc3)C[C@@H]21)N(C)C(=O)O. The molecule has 1 aromatic carbocycles. The van der Waals surface area contributed by atoms with Gasteiger partial charge in [0.15, 0.2) is 0 Å². The Hall–Kier alpha value is -2.08. The number of likely N-dealkylation sites (N-methyl/N-ethyl adjacent to an activating group) is 1. The number of benzene rings is 1. The van der Waals surface area contributed by atoms with Gasteiger partial charge in [0.1, 0.15) is 6.04 Å². The molecule has 4 atom stereocenters. The quantitative estimate of drug-likeness (QED) is 0.754. The summed E-state index contributed by atoms with van der Waals surface area (Å²) in [5.74, 6) is 1.18. The van der Waals surface area contributed by atoms with Crippen LogP contribution in [-0.2, 0) is 11.3 Å². The molecule has 1 heterocycles. The molecule has 1 saturated heterocycles. The summed E-state index contributed by atoms with van der Waals surface area (Å²) in [5.41, 5.74) is 1.32. The number of carbonyl (C=O) groups excluding carboxylic acids is 1. The van der Waals surface area contributed by atoms with Crippen molar-refractivity contribution < 1.29 is 14.7 Å². The molecule has 0 spiro atoms. The fourth-order valence-electron chi connectivity index (χ4n) is 4.81. The van der Waals surface area contributed by atoms with E-state index in [0.29, 0.717) is 18.3 Å². The highest BCUT2D eigenvalue weighted by molar-refractivity contribution is 5.85. The molecule has 1 aromatic rings. The van der Waals surface area contributed by atoms with Gasteiger partial charge in [0, 0.05) is 32.7 Å². The largest absolute Gasteiger partial charge is 0.465 e. The van der Waals surface area contributed by atoms with E-state index >= 15 is 0 Å². The maximum Gasteiger partial charge on any atom is 0.407 e. The lowest BCUT2D eigenvalue weighted by molar-refractivity contribution is -0.127. The number of fused-ring (bicyclic) bond motifs is 1. The van der Waals surface area contributed by atoms with Crippen LogP contribution in [0.4, 0.5) is 4.79 Å². The molecule has 0 bridgehead atoms. The minimum Gasteiger partial charge on any atom is -0.465 e. The Labute approximate surface area is 167 Å². The van der Waals surface area contributed by atoms with Crippen LogP contribution in [0.2, 0.25) is 0 Å². The van der Waals surface area contributed by atoms with E-state index in [1.807, 2.05) is 19.9 Å². The van der Waals surface area contributed by atoms with Gasteiger partial charge in [0.2, 0.25) is 5.91 Å². The molecule has 3 rings (SSSR count). The van der Waals surface area contributed by atoms with E-state index in [2.05, 4.69) is 34.5 Å². The Balaban J connectivity index is 1.59. The molecule has 0 radical (unpaired) electrons. The first-order chi connectivity index (χ1) is 13.3. The van der Waals surface area contributed by atoms with Crippen LogP contribution in [0.3, 0.4) is 0 Å². The minimum absolute atomic E-state index is 0.147. The second-order valence-corrected chi connectivity index (χ2v) is 8.83. The molecule has 2 unspecified atom stereocenters. The van der Waals surface area contributed by atoms with E-state index < -0.39 is 12.1 Å². The first kappa shape index (κ1) is 20.6. The van der Waals surface area contributed by atoms with E-state index in [0.717, 1.165) is 37.4 Å². The predicted octanol–water partition coefficient (Wildman–Crippen LogP) is 3.04. The number of hydrogen-bond donors (Lipinski definition) is 2. The van der Waals surface area contributed by atoms with Crippen molar-refractivity contribution in [3.05, 3.63) is 35.9 Å². The lowest BCUT2D eigenvalue weighted by Crippen LogP contribution is -2.51. The normalized spacial score (nSPS) is 25.5. The van der Waals surface area contributed by atoms with Gasteiger partial charge in [0.25, 0.3) is 0 Å². The standard InChI is InChI=1S/C22H33N3O3/c1-15(2)11-20(24(3)22(27)28)21(26)23-19-10-9-17-13-25(14-18(17)19)12-16-7-5-4-6-8-16/h4-8,15,17-20H,9-14H2,1-3H3,(H,23,26)(H,27,28)/t17?,18-,19?,20-/m0/s1. The topological polar surface area (TPSA) is 72.9 Å². The third kappa shape index (κ3) is 4.85. The number of amides is 2. The van der Waals surface area contributed by atoms with Crippen molar-refractivity contribution in [3.63, 3.8) is 0 Å². The van der Waals surface area contributed by atoms with Gasteiger partial charge in [-0.1, -0.05) is 44.2 Å². The summed E-state index contributed by atoms with van der Waals surface area (Å²) in [7, 11) is 1.49. The summed E-state index contributed by atoms with van der Waals surface area (Å²) in [4.78, 5) is 27.9. The van der Waals surface area contributed by atoms with Crippen molar-refractivity contribution in [2.75, 3.05) is 20.1 Å². The predicted molar refractivity (Wildman–Crippen MR) is 109 cm³/mol. The zero-order chi connectivity index (χ0) is 20.3. The van der Waals surface area contributed by atoms with Crippen LogP contribution in [0.5, 0.6) is 0 Å². The van der Waals surface area contributed by atoms with Gasteiger partial charge in [-0.3, -0.25) is 14.6 Å². The molecular formula is C22H33N3O3. The number of likely N-dealkylation sites (tertiary alicyclic amines) is 1. The highest BCUT2D eigenvalue weighted by Gasteiger charge is 2.43. The molecule has 1 saturated carbocycles. The van der Waals surface area contributed by atoms with Gasteiger partial charge >= 0.3 is 6.09 Å². The Bertz CT molecular complexity index is 679. The molecule has 1 aliphatic heterocycles. The van der Waals surface area contributed by atoms with Crippen LogP contribution >= 0.6 is 0 Å². The van der Waals surface area contributed by atoms with Gasteiger partial charge in [-0.2, -0.15) is 0 Å². The van der Waals surface area contributed by atoms with Gasteiger partial charge in [-0.05, 0) is 42.6 Å². The number of nitrogens with zero attached hydrogens (tertiary/aromatic N) is 2. The highest BCUT2D eigenvalue weighted by Crippen LogP contribution is 2.38. The van der Waals surface area contributed by atoms with Crippen molar-refractivity contribution >= 4 is 12.0 Å². The summed E-state index contributed by atoms with van der Waals surface area (Å²) in [5, 5.41) is 12.5. The monoisotopic (exact) mass is 387 g/mol. The van der Waals surface area contributed by atoms with Crippen LogP contribution in [0.25, 0.3) is 0 Å². The molecule has 0 aromatic heterocycles. The van der Waals surface area contributed by atoms with E-state index in [1.54, 1.807) is 0 Å². The Morgan fingerprint density at radius 1 is 1.21 bits per heavy atom. The number of rotatable bonds is 7. The summed E-state index contributed by atoms with van der Waals surface area (Å²) >= 11 is 0. The van der Waals surface area contributed by atoms with Crippen LogP contribution < -0.4 is 5.32 Å². The minimum atomic E-state index is -1.06. The van der Waals surface area contributed by atoms with Crippen LogP contribution in [0.1, 0.15) is 38.7 Å². The van der Waals surface area contributed by atoms with Crippen molar-refractivity contribution in [1.29, 1.82) is 0 Å². The Morgan fingerprint density at radius 3 is 2.57 bits per heavy atom. The maximum absolute atomic E-state index is 12.9. The van der Waals surface area contributed by atoms with Gasteiger partial charge in [-0.15, -0.1) is 0 Å². The number of nitrogens with one attached hydrogen (secondary N) is 1. The molecule has 154 valence electrons. The van der Waals surface area contributed by atoms with Crippen LogP contribution in [0, 0.1) is 17.8 Å². The number of carboxylic acid groups (broad SMARTS) is 1. The molecule has 6 nitrogen and oxygen atoms in total. The van der Waals surface area contributed by atoms with E-state index in [1.165, 1.54) is 12.6 Å². The molecule has 2 aliphatic rings. The maximum atomic E-state index is 12.9. The Morgan fingerprint density at radius 2 is 1.93 bits per heavy atom. The first-order valence-corrected chi connectivity index (χ1v) is 10.4. The van der Waals surface area contributed by atoms with Crippen molar-refractivity contribution in [2.45, 2.75) is 51.7 Å². The van der Waals surface area contributed by atoms with Gasteiger partial charge in [-0.25, -0.2) is 4.79 Å². The van der Waals surface area contributed by atoms with Crippen molar-refractivity contribution in [1.82, 2.24) is 15.1 Å². The van der Waals surface area contributed by atoms with Gasteiger partial charge in [0.05, 0.1) is 0 Å². The van der Waals surface area contributed by atoms with E-state index in [9.17, 15) is 14.7 Å². The summed E-state index contributed by atoms with van der Waals surface area (Å²) in [6.45, 7) is 7.05. The summed E-state index contributed by atoms with van der Waals surface area (Å²) in [6.07, 6.45) is 1.60. The third-order valence-electron chi connectivity index (χ3n) is 6.28. The van der Waals surface area contributed by atoms with E-state index in [4.69, 9.17) is 0 Å². The number of hydrogen-bond acceptors (Lipinski definition) is 3. The first-order valence-electron chi connectivity index (χ1n) is 10.4. The molecule has 1 aliphatic carbocycles. The zero-order valence-electron chi connectivity index (χ0n) is 17.2. The zero-order valence-corrected chi connectivity index (χ0v) is 17.2. The molecule has 2 N–H and O–H groups in total. The van der Waals surface area contributed by atoms with Crippen molar-refractivity contribution in [2.24, 2.45) is 17.8 Å². The molecule has 2 fully saturated rings. The average Bonchev–Trinajstić information content (AvgIpc) is 3.21. The molecule has 28 heavy (non-hydrogen) atoms. The van der Waals surface area contributed by atoms with Crippen LogP contribution in [-0.4, -0.2) is 59.1 Å². The molecular weight excluding hydrogens is 354 g/mol. The van der Waals surface area contributed by atoms with Crippen molar-refractivity contribution in [3.8, 4) is 0 Å². The summed E-state index contributed by atoms with van der Waals surface area (Å²) in [6, 6.07) is 10.0. The number of carbonyl (C=O) groups is 2. The van der Waals surface area contributed by atoms with Crippen LogP contribution in [0.15, 0.2) is 30.3 Å². The summed E-state index contributed by atoms with van der Waals surface area (Å²) < 4.78 is 0. The smallest absolute Gasteiger partial charge is 0.407 e. The second kappa shape index (κ2) is 8.95. The van der Waals surface area contributed by atoms with E-state index in [-0.39, 0.29) is 17.9 Å². The lowest BCUT2D eigenvalue weighted by Gasteiger charge is -2.29. The fourth-order valence-corrected chi connectivity index (χ4v) is 4.81. The second-order valence-electron chi connectivity index (χ2n) is 8.83. The average molecular weight is 388 g/mol. The highest BCUT2D eigenvalue weighted by atomic mass is 16.4. The molecule has 6 heteroatoms.